The molecule has 2 aromatic rings. The van der Waals surface area contributed by atoms with Gasteiger partial charge in [-0.15, -0.1) is 0 Å². The number of nitrogens with two attached hydrogens (primary N) is 1. The van der Waals surface area contributed by atoms with Gasteiger partial charge in [0.05, 0.1) is 6.20 Å². The maximum absolute atomic E-state index is 13.2. The fourth-order valence-electron chi connectivity index (χ4n) is 0.954. The first-order chi connectivity index (χ1) is 7.25. The number of anilines is 1. The zero-order valence-corrected chi connectivity index (χ0v) is 8.41. The maximum atomic E-state index is 13.2. The van der Waals surface area contributed by atoms with Crippen molar-refractivity contribution in [3.05, 3.63) is 36.5 Å². The second-order valence-corrected chi connectivity index (χ2v) is 3.73. The summed E-state index contributed by atoms with van der Waals surface area (Å²) < 4.78 is 13.2. The van der Waals surface area contributed by atoms with E-state index in [-0.39, 0.29) is 11.0 Å². The lowest BCUT2D eigenvalue weighted by Crippen LogP contribution is -1.97. The third-order valence-corrected chi connectivity index (χ3v) is 2.58. The second kappa shape index (κ2) is 4.22. The van der Waals surface area contributed by atoms with Crippen LogP contribution >= 0.6 is 11.8 Å². The molecule has 0 bridgehead atoms. The average Bonchev–Trinajstić information content (AvgIpc) is 2.25. The summed E-state index contributed by atoms with van der Waals surface area (Å²) in [5.74, 6) is -0.418. The van der Waals surface area contributed by atoms with E-state index in [0.29, 0.717) is 0 Å². The summed E-state index contributed by atoms with van der Waals surface area (Å²) in [5.41, 5.74) is 5.37. The molecule has 0 fully saturated rings. The van der Waals surface area contributed by atoms with E-state index in [4.69, 9.17) is 5.73 Å². The first-order valence-corrected chi connectivity index (χ1v) is 4.93. The molecule has 0 radical (unpaired) electrons. The summed E-state index contributed by atoms with van der Waals surface area (Å²) in [7, 11) is 0. The van der Waals surface area contributed by atoms with Crippen LogP contribution in [-0.4, -0.2) is 15.0 Å². The fourth-order valence-corrected chi connectivity index (χ4v) is 1.72. The van der Waals surface area contributed by atoms with E-state index in [1.54, 1.807) is 24.5 Å². The minimum atomic E-state index is -0.481. The number of pyridine rings is 1. The van der Waals surface area contributed by atoms with Crippen LogP contribution in [0, 0.1) is 5.82 Å². The van der Waals surface area contributed by atoms with E-state index in [1.807, 2.05) is 0 Å². The molecule has 2 aromatic heterocycles. The van der Waals surface area contributed by atoms with E-state index in [9.17, 15) is 4.39 Å². The van der Waals surface area contributed by atoms with Crippen LogP contribution in [0.4, 0.5) is 10.3 Å². The number of halogens is 1. The van der Waals surface area contributed by atoms with Crippen molar-refractivity contribution in [2.24, 2.45) is 0 Å². The summed E-state index contributed by atoms with van der Waals surface area (Å²) in [4.78, 5) is 12.1. The quantitative estimate of drug-likeness (QED) is 0.784. The smallest absolute Gasteiger partial charge is 0.221 e. The Hall–Kier alpha value is -1.69. The van der Waals surface area contributed by atoms with Crippen molar-refractivity contribution in [1.29, 1.82) is 0 Å². The number of nitrogen functional groups attached to an aromatic ring is 1. The SMILES string of the molecule is Nc1ncc(F)c(Sc2ccncc2)n1. The first kappa shape index (κ1) is 9.85. The van der Waals surface area contributed by atoms with Crippen LogP contribution in [0.2, 0.25) is 0 Å². The highest BCUT2D eigenvalue weighted by Gasteiger charge is 2.06. The molecule has 2 N–H and O–H groups in total. The molecule has 0 aromatic carbocycles. The molecule has 0 atom stereocenters. The molecule has 0 aliphatic rings. The van der Waals surface area contributed by atoms with Crippen molar-refractivity contribution < 1.29 is 4.39 Å². The Morgan fingerprint density at radius 1 is 1.27 bits per heavy atom. The number of nitrogens with zero attached hydrogens (tertiary/aromatic N) is 3. The van der Waals surface area contributed by atoms with Gasteiger partial charge >= 0.3 is 0 Å². The van der Waals surface area contributed by atoms with Gasteiger partial charge in [-0.05, 0) is 12.1 Å². The molecular weight excluding hydrogens is 215 g/mol. The van der Waals surface area contributed by atoms with Gasteiger partial charge in [0.15, 0.2) is 5.82 Å². The van der Waals surface area contributed by atoms with E-state index in [1.165, 1.54) is 11.8 Å². The molecular formula is C9H7FN4S. The van der Waals surface area contributed by atoms with Gasteiger partial charge in [0.1, 0.15) is 5.03 Å². The van der Waals surface area contributed by atoms with Gasteiger partial charge in [-0.25, -0.2) is 14.4 Å². The minimum Gasteiger partial charge on any atom is -0.368 e. The Morgan fingerprint density at radius 2 is 2.00 bits per heavy atom. The molecule has 0 aliphatic heterocycles. The number of rotatable bonds is 2. The lowest BCUT2D eigenvalue weighted by atomic mass is 10.5. The summed E-state index contributed by atoms with van der Waals surface area (Å²) >= 11 is 1.18. The Kier molecular flexibility index (Phi) is 2.77. The molecule has 76 valence electrons. The van der Waals surface area contributed by atoms with Crippen LogP contribution in [0.1, 0.15) is 0 Å². The van der Waals surface area contributed by atoms with Crippen molar-refractivity contribution in [1.82, 2.24) is 15.0 Å². The van der Waals surface area contributed by atoms with Crippen LogP contribution in [0.5, 0.6) is 0 Å². The van der Waals surface area contributed by atoms with Gasteiger partial charge < -0.3 is 5.73 Å². The lowest BCUT2D eigenvalue weighted by Gasteiger charge is -2.01. The molecule has 15 heavy (non-hydrogen) atoms. The monoisotopic (exact) mass is 222 g/mol. The van der Waals surface area contributed by atoms with Gasteiger partial charge in [-0.3, -0.25) is 4.98 Å². The fraction of sp³-hybridized carbons (Fsp3) is 0. The van der Waals surface area contributed by atoms with E-state index < -0.39 is 5.82 Å². The minimum absolute atomic E-state index is 0.0629. The Bertz CT molecular complexity index is 463. The number of hydrogen-bond donors (Lipinski definition) is 1. The van der Waals surface area contributed by atoms with Gasteiger partial charge in [-0.1, -0.05) is 11.8 Å². The van der Waals surface area contributed by atoms with Crippen molar-refractivity contribution in [3.63, 3.8) is 0 Å². The summed E-state index contributed by atoms with van der Waals surface area (Å²) in [5, 5.41) is 0.216. The number of hydrogen-bond acceptors (Lipinski definition) is 5. The van der Waals surface area contributed by atoms with Crippen molar-refractivity contribution in [2.75, 3.05) is 5.73 Å². The maximum Gasteiger partial charge on any atom is 0.221 e. The van der Waals surface area contributed by atoms with Gasteiger partial charge in [0, 0.05) is 17.3 Å². The Labute approximate surface area is 89.8 Å². The van der Waals surface area contributed by atoms with Crippen molar-refractivity contribution in [2.45, 2.75) is 9.92 Å². The molecule has 0 saturated heterocycles. The Balaban J connectivity index is 2.28. The highest BCUT2D eigenvalue weighted by atomic mass is 32.2. The molecule has 0 saturated carbocycles. The normalized spacial score (nSPS) is 10.2. The molecule has 2 rings (SSSR count). The summed E-state index contributed by atoms with van der Waals surface area (Å²) in [6, 6.07) is 3.53. The predicted octanol–water partition coefficient (Wildman–Crippen LogP) is 1.74. The van der Waals surface area contributed by atoms with E-state index in [2.05, 4.69) is 15.0 Å². The molecule has 0 amide bonds. The van der Waals surface area contributed by atoms with Gasteiger partial charge in [0.25, 0.3) is 0 Å². The molecule has 6 heteroatoms. The van der Waals surface area contributed by atoms with Gasteiger partial charge in [-0.2, -0.15) is 0 Å². The standard InChI is InChI=1S/C9H7FN4S/c10-7-5-13-9(11)14-8(7)15-6-1-3-12-4-2-6/h1-5H,(H2,11,13,14). The van der Waals surface area contributed by atoms with E-state index in [0.717, 1.165) is 11.1 Å². The van der Waals surface area contributed by atoms with Crippen molar-refractivity contribution in [3.8, 4) is 0 Å². The number of aromatic nitrogens is 3. The molecule has 0 spiro atoms. The van der Waals surface area contributed by atoms with Crippen LogP contribution in [0.25, 0.3) is 0 Å². The molecule has 2 heterocycles. The summed E-state index contributed by atoms with van der Waals surface area (Å²) in [6.07, 6.45) is 4.32. The molecule has 4 nitrogen and oxygen atoms in total. The van der Waals surface area contributed by atoms with Crippen LogP contribution < -0.4 is 5.73 Å². The van der Waals surface area contributed by atoms with Crippen LogP contribution in [-0.2, 0) is 0 Å². The van der Waals surface area contributed by atoms with E-state index >= 15 is 0 Å². The second-order valence-electron chi connectivity index (χ2n) is 2.67. The topological polar surface area (TPSA) is 64.7 Å². The third-order valence-electron chi connectivity index (χ3n) is 1.59. The Morgan fingerprint density at radius 3 is 2.73 bits per heavy atom. The first-order valence-electron chi connectivity index (χ1n) is 4.11. The molecule has 0 aliphatic carbocycles. The highest BCUT2D eigenvalue weighted by molar-refractivity contribution is 7.99. The zero-order chi connectivity index (χ0) is 10.7. The predicted molar refractivity (Wildman–Crippen MR) is 54.8 cm³/mol. The highest BCUT2D eigenvalue weighted by Crippen LogP contribution is 2.27. The third kappa shape index (κ3) is 2.41. The summed E-state index contributed by atoms with van der Waals surface area (Å²) in [6.45, 7) is 0. The molecule has 0 unspecified atom stereocenters. The average molecular weight is 222 g/mol. The zero-order valence-electron chi connectivity index (χ0n) is 7.59. The van der Waals surface area contributed by atoms with Crippen LogP contribution in [0.15, 0.2) is 40.6 Å². The lowest BCUT2D eigenvalue weighted by molar-refractivity contribution is 0.580. The van der Waals surface area contributed by atoms with Crippen LogP contribution in [0.3, 0.4) is 0 Å². The van der Waals surface area contributed by atoms with Crippen molar-refractivity contribution >= 4 is 17.7 Å². The largest absolute Gasteiger partial charge is 0.368 e. The van der Waals surface area contributed by atoms with Gasteiger partial charge in [0.2, 0.25) is 5.95 Å².